The third-order valence-electron chi connectivity index (χ3n) is 3.27. The molecule has 0 bridgehead atoms. The van der Waals surface area contributed by atoms with E-state index in [1.807, 2.05) is 32.9 Å². The number of rotatable bonds is 3. The molecule has 1 fully saturated rings. The van der Waals surface area contributed by atoms with Crippen molar-refractivity contribution >= 4 is 39.1 Å². The van der Waals surface area contributed by atoms with E-state index in [1.165, 1.54) is 0 Å². The van der Waals surface area contributed by atoms with Gasteiger partial charge in [0.25, 0.3) is 0 Å². The van der Waals surface area contributed by atoms with Crippen LogP contribution in [0.5, 0.6) is 0 Å². The van der Waals surface area contributed by atoms with Crippen molar-refractivity contribution in [3.8, 4) is 0 Å². The quantitative estimate of drug-likeness (QED) is 0.807. The summed E-state index contributed by atoms with van der Waals surface area (Å²) in [7, 11) is 0. The zero-order chi connectivity index (χ0) is 15.6. The molecule has 1 amide bonds. The average Bonchev–Trinajstić information content (AvgIpc) is 2.96. The number of amides is 1. The summed E-state index contributed by atoms with van der Waals surface area (Å²) in [5.74, 6) is 0.133. The van der Waals surface area contributed by atoms with Gasteiger partial charge in [-0.2, -0.15) is 0 Å². The van der Waals surface area contributed by atoms with Gasteiger partial charge in [0.1, 0.15) is 11.4 Å². The number of Topliss-reactive ketones (excluding diaryl/α,β-unsaturated/α-hetero) is 1. The Kier molecular flexibility index (Phi) is 5.09. The summed E-state index contributed by atoms with van der Waals surface area (Å²) >= 11 is 4.98. The zero-order valence-electron chi connectivity index (χ0n) is 12.5. The molecule has 2 heterocycles. The molecule has 0 aliphatic carbocycles. The third-order valence-corrected chi connectivity index (χ3v) is 4.90. The van der Waals surface area contributed by atoms with Crippen molar-refractivity contribution in [1.29, 1.82) is 0 Å². The third kappa shape index (κ3) is 4.81. The van der Waals surface area contributed by atoms with Crippen molar-refractivity contribution in [3.05, 3.63) is 20.8 Å². The lowest BCUT2D eigenvalue weighted by molar-refractivity contribution is -0.121. The Labute approximate surface area is 137 Å². The largest absolute Gasteiger partial charge is 0.444 e. The van der Waals surface area contributed by atoms with Crippen LogP contribution in [0.25, 0.3) is 0 Å². The Morgan fingerprint density at radius 2 is 2.14 bits per heavy atom. The van der Waals surface area contributed by atoms with Crippen LogP contribution in [0.4, 0.5) is 4.79 Å². The molecule has 1 aliphatic heterocycles. The molecular formula is C15H20BrNO3S. The normalized spacial score (nSPS) is 18.9. The van der Waals surface area contributed by atoms with Crippen LogP contribution in [0.2, 0.25) is 0 Å². The molecule has 1 aromatic rings. The summed E-state index contributed by atoms with van der Waals surface area (Å²) in [5, 5.41) is 0. The van der Waals surface area contributed by atoms with Crippen LogP contribution in [-0.2, 0) is 16.0 Å². The average molecular weight is 374 g/mol. The first-order valence-electron chi connectivity index (χ1n) is 6.99. The topological polar surface area (TPSA) is 46.6 Å². The summed E-state index contributed by atoms with van der Waals surface area (Å²) in [5.41, 5.74) is -0.498. The molecule has 1 aromatic heterocycles. The van der Waals surface area contributed by atoms with E-state index in [4.69, 9.17) is 4.74 Å². The van der Waals surface area contributed by atoms with Gasteiger partial charge in [0.2, 0.25) is 0 Å². The van der Waals surface area contributed by atoms with Crippen molar-refractivity contribution in [1.82, 2.24) is 4.90 Å². The lowest BCUT2D eigenvalue weighted by atomic mass is 10.0. The second-order valence-corrected chi connectivity index (χ2v) is 8.81. The number of ketones is 1. The van der Waals surface area contributed by atoms with E-state index in [-0.39, 0.29) is 17.8 Å². The molecular weight excluding hydrogens is 354 g/mol. The number of carbonyl (C=O) groups excluding carboxylic acids is 2. The highest BCUT2D eigenvalue weighted by Crippen LogP contribution is 2.26. The highest BCUT2D eigenvalue weighted by Gasteiger charge is 2.33. The monoisotopic (exact) mass is 373 g/mol. The number of thiophene rings is 1. The molecule has 2 rings (SSSR count). The summed E-state index contributed by atoms with van der Waals surface area (Å²) in [4.78, 5) is 27.0. The maximum absolute atomic E-state index is 12.3. The SMILES string of the molecule is CC(C)(C)OC(=O)N1CCC(C(=O)Cc2ccc(Br)s2)C1. The van der Waals surface area contributed by atoms with E-state index in [0.717, 1.165) is 15.1 Å². The van der Waals surface area contributed by atoms with Gasteiger partial charge in [-0.1, -0.05) is 0 Å². The number of nitrogens with zero attached hydrogens (tertiary/aromatic N) is 1. The molecule has 0 N–H and O–H groups in total. The first kappa shape index (κ1) is 16.5. The van der Waals surface area contributed by atoms with Crippen LogP contribution in [0.15, 0.2) is 15.9 Å². The van der Waals surface area contributed by atoms with Gasteiger partial charge in [-0.15, -0.1) is 11.3 Å². The van der Waals surface area contributed by atoms with E-state index in [0.29, 0.717) is 19.5 Å². The molecule has 1 saturated heterocycles. The van der Waals surface area contributed by atoms with Crippen molar-refractivity contribution in [2.75, 3.05) is 13.1 Å². The van der Waals surface area contributed by atoms with Crippen LogP contribution in [-0.4, -0.2) is 35.5 Å². The van der Waals surface area contributed by atoms with E-state index in [1.54, 1.807) is 16.2 Å². The molecule has 0 saturated carbocycles. The molecule has 1 atom stereocenters. The predicted octanol–water partition coefficient (Wildman–Crippen LogP) is 3.88. The highest BCUT2D eigenvalue weighted by atomic mass is 79.9. The molecule has 6 heteroatoms. The predicted molar refractivity (Wildman–Crippen MR) is 86.6 cm³/mol. The smallest absolute Gasteiger partial charge is 0.410 e. The molecule has 0 radical (unpaired) electrons. The molecule has 0 spiro atoms. The van der Waals surface area contributed by atoms with Crippen molar-refractivity contribution in [3.63, 3.8) is 0 Å². The minimum atomic E-state index is -0.498. The van der Waals surface area contributed by atoms with Crippen LogP contribution >= 0.6 is 27.3 Å². The van der Waals surface area contributed by atoms with Gasteiger partial charge in [0.05, 0.1) is 3.79 Å². The van der Waals surface area contributed by atoms with Gasteiger partial charge in [-0.05, 0) is 55.3 Å². The fourth-order valence-electron chi connectivity index (χ4n) is 2.28. The maximum atomic E-state index is 12.3. The summed E-state index contributed by atoms with van der Waals surface area (Å²) in [6.45, 7) is 6.61. The van der Waals surface area contributed by atoms with Crippen LogP contribution in [0.1, 0.15) is 32.1 Å². The van der Waals surface area contributed by atoms with Gasteiger partial charge in [0.15, 0.2) is 0 Å². The second-order valence-electron chi connectivity index (χ2n) is 6.26. The van der Waals surface area contributed by atoms with Crippen LogP contribution < -0.4 is 0 Å². The Morgan fingerprint density at radius 1 is 1.43 bits per heavy atom. The van der Waals surface area contributed by atoms with E-state index in [2.05, 4.69) is 15.9 Å². The lowest BCUT2D eigenvalue weighted by Crippen LogP contribution is -2.36. The van der Waals surface area contributed by atoms with Crippen molar-refractivity contribution < 1.29 is 14.3 Å². The van der Waals surface area contributed by atoms with Crippen molar-refractivity contribution in [2.24, 2.45) is 5.92 Å². The Bertz CT molecular complexity index is 535. The second kappa shape index (κ2) is 6.48. The molecule has 21 heavy (non-hydrogen) atoms. The molecule has 1 aliphatic rings. The van der Waals surface area contributed by atoms with E-state index < -0.39 is 5.60 Å². The first-order chi connectivity index (χ1) is 9.74. The van der Waals surface area contributed by atoms with Gasteiger partial charge in [-0.25, -0.2) is 4.79 Å². The minimum Gasteiger partial charge on any atom is -0.444 e. The van der Waals surface area contributed by atoms with E-state index in [9.17, 15) is 9.59 Å². The zero-order valence-corrected chi connectivity index (χ0v) is 14.9. The molecule has 116 valence electrons. The lowest BCUT2D eigenvalue weighted by Gasteiger charge is -2.24. The number of likely N-dealkylation sites (tertiary alicyclic amines) is 1. The minimum absolute atomic E-state index is 0.0709. The number of halogens is 1. The first-order valence-corrected chi connectivity index (χ1v) is 8.60. The number of hydrogen-bond donors (Lipinski definition) is 0. The molecule has 4 nitrogen and oxygen atoms in total. The molecule has 0 aromatic carbocycles. The number of carbonyl (C=O) groups is 2. The number of hydrogen-bond acceptors (Lipinski definition) is 4. The van der Waals surface area contributed by atoms with Gasteiger partial charge in [-0.3, -0.25) is 4.79 Å². The fraction of sp³-hybridized carbons (Fsp3) is 0.600. The van der Waals surface area contributed by atoms with Crippen molar-refractivity contribution in [2.45, 2.75) is 39.2 Å². The van der Waals surface area contributed by atoms with E-state index >= 15 is 0 Å². The summed E-state index contributed by atoms with van der Waals surface area (Å²) in [6, 6.07) is 3.92. The Hall–Kier alpha value is -0.880. The fourth-order valence-corrected chi connectivity index (χ4v) is 3.77. The standard InChI is InChI=1S/C15H20BrNO3S/c1-15(2,3)20-14(19)17-7-6-10(9-17)12(18)8-11-4-5-13(16)21-11/h4-5,10H,6-9H2,1-3H3. The molecule has 1 unspecified atom stereocenters. The Morgan fingerprint density at radius 3 is 2.71 bits per heavy atom. The number of ether oxygens (including phenoxy) is 1. The van der Waals surface area contributed by atoms with Gasteiger partial charge < -0.3 is 9.64 Å². The summed E-state index contributed by atoms with van der Waals surface area (Å²) in [6.07, 6.45) is 0.852. The Balaban J connectivity index is 1.87. The van der Waals surface area contributed by atoms with Crippen LogP contribution in [0.3, 0.4) is 0 Å². The summed E-state index contributed by atoms with van der Waals surface area (Å²) < 4.78 is 6.38. The highest BCUT2D eigenvalue weighted by molar-refractivity contribution is 9.11. The van der Waals surface area contributed by atoms with Gasteiger partial charge >= 0.3 is 6.09 Å². The van der Waals surface area contributed by atoms with Crippen LogP contribution in [0, 0.1) is 5.92 Å². The van der Waals surface area contributed by atoms with Gasteiger partial charge in [0, 0.05) is 30.3 Å². The maximum Gasteiger partial charge on any atom is 0.410 e.